The molecule has 0 aliphatic carbocycles. The molecule has 0 atom stereocenters. The second-order valence-corrected chi connectivity index (χ2v) is 5.81. The molecule has 0 fully saturated rings. The highest BCUT2D eigenvalue weighted by atomic mass is 32.2. The van der Waals surface area contributed by atoms with Crippen molar-refractivity contribution in [1.29, 1.82) is 0 Å². The summed E-state index contributed by atoms with van der Waals surface area (Å²) >= 11 is 0. The zero-order valence-electron chi connectivity index (χ0n) is 10.8. The van der Waals surface area contributed by atoms with Crippen LogP contribution in [-0.2, 0) is 10.0 Å². The summed E-state index contributed by atoms with van der Waals surface area (Å²) in [4.78, 5) is 0.105. The first kappa shape index (κ1) is 14.0. The minimum Gasteiger partial charge on any atom is -0.497 e. The van der Waals surface area contributed by atoms with E-state index in [0.29, 0.717) is 17.1 Å². The number of nitrogens with one attached hydrogen (secondary N) is 1. The molecule has 0 spiro atoms. The van der Waals surface area contributed by atoms with Crippen LogP contribution in [0.15, 0.2) is 47.4 Å². The van der Waals surface area contributed by atoms with E-state index in [9.17, 15) is 8.42 Å². The van der Waals surface area contributed by atoms with Gasteiger partial charge in [-0.3, -0.25) is 4.72 Å². The highest BCUT2D eigenvalue weighted by Crippen LogP contribution is 2.27. The molecule has 2 aromatic rings. The SMILES string of the molecule is COc1ccc(N)c(NS(=O)(=O)c2ccc(N)cc2)c1. The molecule has 0 aliphatic rings. The normalized spacial score (nSPS) is 11.1. The second kappa shape index (κ2) is 5.30. The number of sulfonamides is 1. The number of anilines is 3. The molecule has 0 aromatic heterocycles. The summed E-state index contributed by atoms with van der Waals surface area (Å²) in [6.45, 7) is 0. The maximum Gasteiger partial charge on any atom is 0.261 e. The lowest BCUT2D eigenvalue weighted by Crippen LogP contribution is -2.14. The van der Waals surface area contributed by atoms with Crippen molar-refractivity contribution >= 4 is 27.1 Å². The number of methoxy groups -OCH3 is 1. The third-order valence-electron chi connectivity index (χ3n) is 2.70. The average Bonchev–Trinajstić information content (AvgIpc) is 2.41. The Bertz CT molecular complexity index is 712. The first-order valence-corrected chi connectivity index (χ1v) is 7.22. The Morgan fingerprint density at radius 2 is 1.70 bits per heavy atom. The van der Waals surface area contributed by atoms with Gasteiger partial charge in [-0.1, -0.05) is 0 Å². The van der Waals surface area contributed by atoms with Gasteiger partial charge < -0.3 is 16.2 Å². The number of hydrogen-bond donors (Lipinski definition) is 3. The van der Waals surface area contributed by atoms with Crippen molar-refractivity contribution in [3.05, 3.63) is 42.5 Å². The van der Waals surface area contributed by atoms with E-state index in [-0.39, 0.29) is 10.6 Å². The van der Waals surface area contributed by atoms with Crippen molar-refractivity contribution in [3.63, 3.8) is 0 Å². The van der Waals surface area contributed by atoms with Crippen LogP contribution < -0.4 is 20.9 Å². The Hall–Kier alpha value is -2.41. The first-order valence-electron chi connectivity index (χ1n) is 5.74. The molecule has 0 aliphatic heterocycles. The zero-order chi connectivity index (χ0) is 14.8. The van der Waals surface area contributed by atoms with Gasteiger partial charge in [0.15, 0.2) is 0 Å². The minimum atomic E-state index is -3.72. The lowest BCUT2D eigenvalue weighted by atomic mass is 10.2. The van der Waals surface area contributed by atoms with Crippen LogP contribution >= 0.6 is 0 Å². The van der Waals surface area contributed by atoms with E-state index in [0.717, 1.165) is 0 Å². The molecule has 5 N–H and O–H groups in total. The standard InChI is InChI=1S/C13H15N3O3S/c1-19-10-4-7-12(15)13(8-10)16-20(17,18)11-5-2-9(14)3-6-11/h2-8,16H,14-15H2,1H3. The van der Waals surface area contributed by atoms with E-state index in [1.54, 1.807) is 12.1 Å². The molecular weight excluding hydrogens is 278 g/mol. The average molecular weight is 293 g/mol. The van der Waals surface area contributed by atoms with Crippen molar-refractivity contribution in [2.24, 2.45) is 0 Å². The predicted octanol–water partition coefficient (Wildman–Crippen LogP) is 1.66. The van der Waals surface area contributed by atoms with Crippen molar-refractivity contribution in [1.82, 2.24) is 0 Å². The summed E-state index contributed by atoms with van der Waals surface area (Å²) in [6.07, 6.45) is 0. The smallest absolute Gasteiger partial charge is 0.261 e. The summed E-state index contributed by atoms with van der Waals surface area (Å²) in [7, 11) is -2.23. The maximum atomic E-state index is 12.2. The van der Waals surface area contributed by atoms with Gasteiger partial charge in [0.05, 0.1) is 23.4 Å². The highest BCUT2D eigenvalue weighted by Gasteiger charge is 2.15. The molecule has 0 amide bonds. The largest absolute Gasteiger partial charge is 0.497 e. The Labute approximate surface area is 117 Å². The van der Waals surface area contributed by atoms with E-state index in [1.807, 2.05) is 0 Å². The van der Waals surface area contributed by atoms with Crippen LogP contribution in [0.2, 0.25) is 0 Å². The van der Waals surface area contributed by atoms with Gasteiger partial charge in [0.2, 0.25) is 0 Å². The second-order valence-electron chi connectivity index (χ2n) is 4.13. The topological polar surface area (TPSA) is 107 Å². The molecule has 6 nitrogen and oxygen atoms in total. The monoisotopic (exact) mass is 293 g/mol. The van der Waals surface area contributed by atoms with E-state index in [1.165, 1.54) is 37.4 Å². The molecule has 7 heteroatoms. The molecule has 0 bridgehead atoms. The number of ether oxygens (including phenoxy) is 1. The van der Waals surface area contributed by atoms with Gasteiger partial charge in [-0.25, -0.2) is 8.42 Å². The summed E-state index contributed by atoms with van der Waals surface area (Å²) in [6, 6.07) is 10.6. The third kappa shape index (κ3) is 2.94. The Balaban J connectivity index is 2.35. The first-order chi connectivity index (χ1) is 9.42. The molecule has 0 saturated heterocycles. The number of benzene rings is 2. The molecule has 2 rings (SSSR count). The Morgan fingerprint density at radius 1 is 1.05 bits per heavy atom. The van der Waals surface area contributed by atoms with Gasteiger partial charge in [0, 0.05) is 11.8 Å². The number of nitrogen functional groups attached to an aromatic ring is 2. The van der Waals surface area contributed by atoms with Crippen molar-refractivity contribution in [2.45, 2.75) is 4.90 Å². The molecule has 106 valence electrons. The molecular formula is C13H15N3O3S. The quantitative estimate of drug-likeness (QED) is 0.743. The summed E-state index contributed by atoms with van der Waals surface area (Å²) in [5, 5.41) is 0. The lowest BCUT2D eigenvalue weighted by Gasteiger charge is -2.11. The minimum absolute atomic E-state index is 0.105. The molecule has 0 saturated carbocycles. The van der Waals surface area contributed by atoms with E-state index in [2.05, 4.69) is 4.72 Å². The fourth-order valence-corrected chi connectivity index (χ4v) is 2.68. The van der Waals surface area contributed by atoms with Gasteiger partial charge in [-0.05, 0) is 36.4 Å². The van der Waals surface area contributed by atoms with Crippen molar-refractivity contribution in [3.8, 4) is 5.75 Å². The third-order valence-corrected chi connectivity index (χ3v) is 4.08. The van der Waals surface area contributed by atoms with Crippen LogP contribution in [0, 0.1) is 0 Å². The van der Waals surface area contributed by atoms with Gasteiger partial charge in [0.1, 0.15) is 5.75 Å². The van der Waals surface area contributed by atoms with Crippen LogP contribution in [0.5, 0.6) is 5.75 Å². The maximum absolute atomic E-state index is 12.2. The molecule has 0 unspecified atom stereocenters. The van der Waals surface area contributed by atoms with Crippen molar-refractivity contribution in [2.75, 3.05) is 23.3 Å². The van der Waals surface area contributed by atoms with Crippen molar-refractivity contribution < 1.29 is 13.2 Å². The Kier molecular flexibility index (Phi) is 3.71. The highest BCUT2D eigenvalue weighted by molar-refractivity contribution is 7.92. The molecule has 0 radical (unpaired) electrons. The molecule has 2 aromatic carbocycles. The number of hydrogen-bond acceptors (Lipinski definition) is 5. The van der Waals surface area contributed by atoms with Crippen LogP contribution in [0.25, 0.3) is 0 Å². The summed E-state index contributed by atoms with van der Waals surface area (Å²) in [5.41, 5.74) is 12.3. The molecule has 20 heavy (non-hydrogen) atoms. The predicted molar refractivity (Wildman–Crippen MR) is 79.1 cm³/mol. The van der Waals surface area contributed by atoms with E-state index < -0.39 is 10.0 Å². The number of nitrogens with two attached hydrogens (primary N) is 2. The fraction of sp³-hybridized carbons (Fsp3) is 0.0769. The van der Waals surface area contributed by atoms with Gasteiger partial charge >= 0.3 is 0 Å². The lowest BCUT2D eigenvalue weighted by molar-refractivity contribution is 0.415. The fourth-order valence-electron chi connectivity index (χ4n) is 1.60. The van der Waals surface area contributed by atoms with Crippen LogP contribution in [-0.4, -0.2) is 15.5 Å². The number of rotatable bonds is 4. The summed E-state index contributed by atoms with van der Waals surface area (Å²) in [5.74, 6) is 0.509. The van der Waals surface area contributed by atoms with Crippen LogP contribution in [0.1, 0.15) is 0 Å². The zero-order valence-corrected chi connectivity index (χ0v) is 11.6. The van der Waals surface area contributed by atoms with Gasteiger partial charge in [-0.2, -0.15) is 0 Å². The molecule has 0 heterocycles. The van der Waals surface area contributed by atoms with Gasteiger partial charge in [0.25, 0.3) is 10.0 Å². The summed E-state index contributed by atoms with van der Waals surface area (Å²) < 4.78 is 31.9. The van der Waals surface area contributed by atoms with Gasteiger partial charge in [-0.15, -0.1) is 0 Å². The van der Waals surface area contributed by atoms with Crippen LogP contribution in [0.3, 0.4) is 0 Å². The van der Waals surface area contributed by atoms with E-state index in [4.69, 9.17) is 16.2 Å². The van der Waals surface area contributed by atoms with Crippen LogP contribution in [0.4, 0.5) is 17.1 Å². The van der Waals surface area contributed by atoms with E-state index >= 15 is 0 Å². The Morgan fingerprint density at radius 3 is 2.30 bits per heavy atom.